The van der Waals surface area contributed by atoms with Gasteiger partial charge in [-0.05, 0) is 37.0 Å². The number of ether oxygens (including phenoxy) is 2. The summed E-state index contributed by atoms with van der Waals surface area (Å²) >= 11 is 0. The van der Waals surface area contributed by atoms with E-state index in [1.54, 1.807) is 18.2 Å². The first-order valence-corrected chi connectivity index (χ1v) is 8.52. The van der Waals surface area contributed by atoms with E-state index in [9.17, 15) is 9.59 Å². The second kappa shape index (κ2) is 10.8. The van der Waals surface area contributed by atoms with E-state index in [1.165, 1.54) is 6.07 Å². The predicted octanol–water partition coefficient (Wildman–Crippen LogP) is 4.63. The molecule has 1 rings (SSSR count). The van der Waals surface area contributed by atoms with Crippen LogP contribution in [0.2, 0.25) is 0 Å². The molecular weight excluding hydrogens is 292 g/mol. The van der Waals surface area contributed by atoms with Crippen LogP contribution >= 0.6 is 0 Å². The summed E-state index contributed by atoms with van der Waals surface area (Å²) in [6.07, 6.45) is 4.89. The molecule has 0 heterocycles. The smallest absolute Gasteiger partial charge is 0.338 e. The summed E-state index contributed by atoms with van der Waals surface area (Å²) in [6.45, 7) is 7.15. The Kier molecular flexibility index (Phi) is 9.03. The minimum absolute atomic E-state index is 0.386. The van der Waals surface area contributed by atoms with E-state index >= 15 is 0 Å². The molecule has 1 aromatic rings. The Morgan fingerprint density at radius 3 is 2.17 bits per heavy atom. The molecule has 0 aliphatic heterocycles. The number of benzene rings is 1. The molecule has 0 aliphatic carbocycles. The highest BCUT2D eigenvalue weighted by atomic mass is 16.5. The summed E-state index contributed by atoms with van der Waals surface area (Å²) < 4.78 is 10.5. The molecule has 0 amide bonds. The van der Waals surface area contributed by atoms with Crippen molar-refractivity contribution < 1.29 is 19.1 Å². The summed E-state index contributed by atoms with van der Waals surface area (Å²) in [4.78, 5) is 24.0. The van der Waals surface area contributed by atoms with E-state index in [0.717, 1.165) is 32.1 Å². The molecule has 1 unspecified atom stereocenters. The first-order chi connectivity index (χ1) is 11.1. The van der Waals surface area contributed by atoms with Gasteiger partial charge in [-0.1, -0.05) is 46.1 Å². The zero-order valence-electron chi connectivity index (χ0n) is 14.5. The Labute approximate surface area is 139 Å². The van der Waals surface area contributed by atoms with E-state index < -0.39 is 11.9 Å². The van der Waals surface area contributed by atoms with Crippen molar-refractivity contribution in [3.05, 3.63) is 35.4 Å². The van der Waals surface area contributed by atoms with Gasteiger partial charge in [-0.3, -0.25) is 0 Å². The molecule has 4 heteroatoms. The van der Waals surface area contributed by atoms with Gasteiger partial charge in [0.05, 0.1) is 24.3 Å². The minimum Gasteiger partial charge on any atom is -0.462 e. The van der Waals surface area contributed by atoms with Crippen molar-refractivity contribution in [3.63, 3.8) is 0 Å². The fourth-order valence-corrected chi connectivity index (χ4v) is 2.01. The number of esters is 2. The first kappa shape index (κ1) is 19.2. The van der Waals surface area contributed by atoms with Crippen LogP contribution in [-0.2, 0) is 9.47 Å². The Morgan fingerprint density at radius 2 is 1.61 bits per heavy atom. The van der Waals surface area contributed by atoms with Crippen molar-refractivity contribution in [3.8, 4) is 0 Å². The van der Waals surface area contributed by atoms with E-state index in [4.69, 9.17) is 9.47 Å². The molecule has 0 fully saturated rings. The lowest BCUT2D eigenvalue weighted by Gasteiger charge is -2.09. The van der Waals surface area contributed by atoms with E-state index in [-0.39, 0.29) is 0 Å². The van der Waals surface area contributed by atoms with E-state index in [2.05, 4.69) is 20.8 Å². The van der Waals surface area contributed by atoms with Crippen LogP contribution in [0.25, 0.3) is 0 Å². The molecule has 0 radical (unpaired) electrons. The molecule has 23 heavy (non-hydrogen) atoms. The van der Waals surface area contributed by atoms with Gasteiger partial charge in [0, 0.05) is 0 Å². The largest absolute Gasteiger partial charge is 0.462 e. The maximum Gasteiger partial charge on any atom is 0.338 e. The number of carbonyl (C=O) groups excluding carboxylic acids is 2. The van der Waals surface area contributed by atoms with Gasteiger partial charge in [0.1, 0.15) is 0 Å². The molecule has 0 aliphatic rings. The molecule has 1 aromatic carbocycles. The molecule has 0 saturated heterocycles. The number of unbranched alkanes of at least 4 members (excludes halogenated alkanes) is 2. The second-order valence-corrected chi connectivity index (χ2v) is 5.86. The summed E-state index contributed by atoms with van der Waals surface area (Å²) in [5.41, 5.74) is 0.773. The monoisotopic (exact) mass is 320 g/mol. The number of rotatable bonds is 10. The van der Waals surface area contributed by atoms with Crippen LogP contribution in [0.1, 0.15) is 73.6 Å². The normalized spacial score (nSPS) is 11.8. The average Bonchev–Trinajstić information content (AvgIpc) is 2.58. The average molecular weight is 320 g/mol. The summed E-state index contributed by atoms with van der Waals surface area (Å²) in [7, 11) is 0. The van der Waals surface area contributed by atoms with Gasteiger partial charge in [-0.25, -0.2) is 9.59 Å². The SMILES string of the molecule is CCCCCOC(=O)c1cccc(C(=O)OCCC(C)CC)c1. The molecule has 0 bridgehead atoms. The molecule has 0 spiro atoms. The summed E-state index contributed by atoms with van der Waals surface area (Å²) in [6, 6.07) is 6.51. The lowest BCUT2D eigenvalue weighted by atomic mass is 10.1. The molecular formula is C19H28O4. The highest BCUT2D eigenvalue weighted by Crippen LogP contribution is 2.11. The minimum atomic E-state index is -0.395. The zero-order valence-corrected chi connectivity index (χ0v) is 14.5. The Balaban J connectivity index is 2.51. The number of hydrogen-bond acceptors (Lipinski definition) is 4. The number of hydrogen-bond donors (Lipinski definition) is 0. The van der Waals surface area contributed by atoms with Gasteiger partial charge in [0.2, 0.25) is 0 Å². The van der Waals surface area contributed by atoms with Crippen LogP contribution < -0.4 is 0 Å². The topological polar surface area (TPSA) is 52.6 Å². The fourth-order valence-electron chi connectivity index (χ4n) is 2.01. The molecule has 4 nitrogen and oxygen atoms in total. The van der Waals surface area contributed by atoms with Crippen LogP contribution in [0.5, 0.6) is 0 Å². The van der Waals surface area contributed by atoms with Gasteiger partial charge in [-0.2, -0.15) is 0 Å². The Hall–Kier alpha value is -1.84. The fraction of sp³-hybridized carbons (Fsp3) is 0.579. The van der Waals surface area contributed by atoms with Crippen LogP contribution in [0.4, 0.5) is 0 Å². The highest BCUT2D eigenvalue weighted by Gasteiger charge is 2.12. The third-order valence-electron chi connectivity index (χ3n) is 3.86. The van der Waals surface area contributed by atoms with Crippen molar-refractivity contribution >= 4 is 11.9 Å². The van der Waals surface area contributed by atoms with Crippen LogP contribution in [-0.4, -0.2) is 25.2 Å². The molecule has 0 saturated carbocycles. The lowest BCUT2D eigenvalue weighted by molar-refractivity contribution is 0.0484. The van der Waals surface area contributed by atoms with Gasteiger partial charge in [0.25, 0.3) is 0 Å². The molecule has 1 atom stereocenters. The van der Waals surface area contributed by atoms with Gasteiger partial charge in [-0.15, -0.1) is 0 Å². The van der Waals surface area contributed by atoms with Crippen LogP contribution in [0.15, 0.2) is 24.3 Å². The zero-order chi connectivity index (χ0) is 17.1. The molecule has 0 aromatic heterocycles. The third-order valence-corrected chi connectivity index (χ3v) is 3.86. The van der Waals surface area contributed by atoms with Gasteiger partial charge in [0.15, 0.2) is 0 Å². The van der Waals surface area contributed by atoms with Gasteiger partial charge >= 0.3 is 11.9 Å². The van der Waals surface area contributed by atoms with Crippen molar-refractivity contribution in [1.82, 2.24) is 0 Å². The van der Waals surface area contributed by atoms with Crippen LogP contribution in [0, 0.1) is 5.92 Å². The summed E-state index contributed by atoms with van der Waals surface area (Å²) in [5.74, 6) is -0.253. The maximum atomic E-state index is 12.0. The quantitative estimate of drug-likeness (QED) is 0.466. The van der Waals surface area contributed by atoms with E-state index in [1.807, 2.05) is 0 Å². The van der Waals surface area contributed by atoms with Gasteiger partial charge < -0.3 is 9.47 Å². The Bertz CT molecular complexity index is 496. The first-order valence-electron chi connectivity index (χ1n) is 8.52. The third kappa shape index (κ3) is 7.31. The molecule has 128 valence electrons. The summed E-state index contributed by atoms with van der Waals surface area (Å²) in [5, 5.41) is 0. The van der Waals surface area contributed by atoms with E-state index in [0.29, 0.717) is 30.3 Å². The molecule has 0 N–H and O–H groups in total. The van der Waals surface area contributed by atoms with Crippen molar-refractivity contribution in [2.75, 3.05) is 13.2 Å². The van der Waals surface area contributed by atoms with Crippen LogP contribution in [0.3, 0.4) is 0 Å². The Morgan fingerprint density at radius 1 is 1.00 bits per heavy atom. The predicted molar refractivity (Wildman–Crippen MR) is 90.6 cm³/mol. The lowest BCUT2D eigenvalue weighted by Crippen LogP contribution is -2.11. The van der Waals surface area contributed by atoms with Crippen molar-refractivity contribution in [1.29, 1.82) is 0 Å². The van der Waals surface area contributed by atoms with Crippen molar-refractivity contribution in [2.24, 2.45) is 5.92 Å². The number of carbonyl (C=O) groups is 2. The standard InChI is InChI=1S/C19H28O4/c1-4-6-7-12-22-18(20)16-9-8-10-17(14-16)19(21)23-13-11-15(3)5-2/h8-10,14-15H,4-7,11-13H2,1-3H3. The van der Waals surface area contributed by atoms with Crippen molar-refractivity contribution in [2.45, 2.75) is 52.9 Å². The second-order valence-electron chi connectivity index (χ2n) is 5.86. The maximum absolute atomic E-state index is 12.0. The highest BCUT2D eigenvalue weighted by molar-refractivity contribution is 5.95.